The molecular formula is C9H17NO3. The molecule has 1 N–H and O–H groups in total. The van der Waals surface area contributed by atoms with E-state index in [0.717, 1.165) is 19.5 Å². The van der Waals surface area contributed by atoms with Gasteiger partial charge in [-0.15, -0.1) is 0 Å². The number of aliphatic carboxylic acids is 1. The summed E-state index contributed by atoms with van der Waals surface area (Å²) in [6.07, 6.45) is 0.969. The first-order valence-electron chi connectivity index (χ1n) is 4.55. The molecule has 1 rings (SSSR count). The molecule has 4 heteroatoms. The van der Waals surface area contributed by atoms with Crippen molar-refractivity contribution in [1.29, 1.82) is 0 Å². The lowest BCUT2D eigenvalue weighted by atomic mass is 9.92. The van der Waals surface area contributed by atoms with Gasteiger partial charge in [0.25, 0.3) is 0 Å². The van der Waals surface area contributed by atoms with Crippen LogP contribution in [0, 0.1) is 11.8 Å². The van der Waals surface area contributed by atoms with E-state index in [1.165, 1.54) is 0 Å². The minimum Gasteiger partial charge on any atom is -0.481 e. The molecule has 13 heavy (non-hydrogen) atoms. The van der Waals surface area contributed by atoms with Crippen LogP contribution in [-0.4, -0.2) is 49.8 Å². The van der Waals surface area contributed by atoms with Crippen molar-refractivity contribution >= 4 is 5.97 Å². The molecule has 2 atom stereocenters. The summed E-state index contributed by atoms with van der Waals surface area (Å²) >= 11 is 0. The first kappa shape index (κ1) is 10.5. The molecule has 0 aromatic rings. The number of ether oxygens (including phenoxy) is 1. The minimum atomic E-state index is -0.734. The molecule has 1 aliphatic heterocycles. The normalized spacial score (nSPS) is 26.2. The van der Waals surface area contributed by atoms with E-state index in [4.69, 9.17) is 9.84 Å². The number of hydrogen-bond donors (Lipinski definition) is 1. The molecule has 0 aromatic carbocycles. The van der Waals surface area contributed by atoms with E-state index in [2.05, 4.69) is 4.90 Å². The van der Waals surface area contributed by atoms with Gasteiger partial charge in [-0.25, -0.2) is 0 Å². The second-order valence-electron chi connectivity index (χ2n) is 3.71. The molecule has 0 aromatic heterocycles. The van der Waals surface area contributed by atoms with Crippen LogP contribution in [0.3, 0.4) is 0 Å². The van der Waals surface area contributed by atoms with Gasteiger partial charge < -0.3 is 14.7 Å². The van der Waals surface area contributed by atoms with Crippen LogP contribution in [0.25, 0.3) is 0 Å². The van der Waals surface area contributed by atoms with Crippen molar-refractivity contribution < 1.29 is 14.6 Å². The lowest BCUT2D eigenvalue weighted by Crippen LogP contribution is -2.29. The van der Waals surface area contributed by atoms with Gasteiger partial charge in [0.15, 0.2) is 0 Å². The van der Waals surface area contributed by atoms with E-state index in [1.54, 1.807) is 7.11 Å². The van der Waals surface area contributed by atoms with Gasteiger partial charge in [0.2, 0.25) is 0 Å². The minimum absolute atomic E-state index is 0.252. The zero-order valence-electron chi connectivity index (χ0n) is 8.19. The largest absolute Gasteiger partial charge is 0.481 e. The maximum absolute atomic E-state index is 10.9. The highest BCUT2D eigenvalue weighted by Crippen LogP contribution is 2.23. The lowest BCUT2D eigenvalue weighted by molar-refractivity contribution is -0.145. The molecule has 4 nitrogen and oxygen atoms in total. The molecule has 0 bridgehead atoms. The fourth-order valence-corrected chi connectivity index (χ4v) is 1.89. The summed E-state index contributed by atoms with van der Waals surface area (Å²) in [6, 6.07) is 0. The molecule has 1 heterocycles. The van der Waals surface area contributed by atoms with Crippen LogP contribution in [0.15, 0.2) is 0 Å². The van der Waals surface area contributed by atoms with Gasteiger partial charge in [0, 0.05) is 13.7 Å². The second-order valence-corrected chi connectivity index (χ2v) is 3.71. The number of methoxy groups -OCH3 is 1. The molecule has 1 saturated heterocycles. The van der Waals surface area contributed by atoms with Gasteiger partial charge in [-0.1, -0.05) is 0 Å². The number of carbonyl (C=O) groups is 1. The van der Waals surface area contributed by atoms with Crippen molar-refractivity contribution in [3.05, 3.63) is 0 Å². The van der Waals surface area contributed by atoms with Gasteiger partial charge in [0.05, 0.1) is 12.5 Å². The average molecular weight is 187 g/mol. The molecule has 1 fully saturated rings. The molecule has 0 radical (unpaired) electrons. The molecule has 0 spiro atoms. The topological polar surface area (TPSA) is 49.8 Å². The van der Waals surface area contributed by atoms with Crippen LogP contribution in [0.4, 0.5) is 0 Å². The summed E-state index contributed by atoms with van der Waals surface area (Å²) in [5, 5.41) is 8.95. The lowest BCUT2D eigenvalue weighted by Gasteiger charge is -2.18. The zero-order chi connectivity index (χ0) is 9.84. The highest BCUT2D eigenvalue weighted by atomic mass is 16.5. The van der Waals surface area contributed by atoms with Gasteiger partial charge in [-0.3, -0.25) is 4.79 Å². The van der Waals surface area contributed by atoms with Gasteiger partial charge in [0.1, 0.15) is 0 Å². The standard InChI is InChI=1S/C9H17NO3/c1-10-4-3-7(5-10)8(6-13-2)9(11)12/h7-8H,3-6H2,1-2H3,(H,11,12). The number of rotatable bonds is 4. The number of hydrogen-bond acceptors (Lipinski definition) is 3. The van der Waals surface area contributed by atoms with Gasteiger partial charge in [-0.05, 0) is 25.9 Å². The predicted molar refractivity (Wildman–Crippen MR) is 48.6 cm³/mol. The van der Waals surface area contributed by atoms with E-state index in [1.807, 2.05) is 7.05 Å². The average Bonchev–Trinajstić information content (AvgIpc) is 2.46. The summed E-state index contributed by atoms with van der Waals surface area (Å²) in [4.78, 5) is 13.0. The van der Waals surface area contributed by atoms with Crippen molar-refractivity contribution in [2.45, 2.75) is 6.42 Å². The Kier molecular flexibility index (Phi) is 3.69. The predicted octanol–water partition coefficient (Wildman–Crippen LogP) is 0.285. The van der Waals surface area contributed by atoms with Crippen LogP contribution in [0.5, 0.6) is 0 Å². The Morgan fingerprint density at radius 2 is 2.46 bits per heavy atom. The second kappa shape index (κ2) is 4.58. The molecule has 2 unspecified atom stereocenters. The maximum atomic E-state index is 10.9. The van der Waals surface area contributed by atoms with Crippen molar-refractivity contribution in [2.24, 2.45) is 11.8 Å². The smallest absolute Gasteiger partial charge is 0.309 e. The van der Waals surface area contributed by atoms with E-state index in [0.29, 0.717) is 6.61 Å². The molecule has 0 saturated carbocycles. The number of likely N-dealkylation sites (tertiary alicyclic amines) is 1. The third kappa shape index (κ3) is 2.67. The third-order valence-electron chi connectivity index (χ3n) is 2.66. The Morgan fingerprint density at radius 1 is 1.77 bits per heavy atom. The van der Waals surface area contributed by atoms with E-state index in [9.17, 15) is 4.79 Å². The molecule has 0 amide bonds. The van der Waals surface area contributed by atoms with E-state index >= 15 is 0 Å². The summed E-state index contributed by atoms with van der Waals surface area (Å²) in [6.45, 7) is 2.20. The molecule has 0 aliphatic carbocycles. The maximum Gasteiger partial charge on any atom is 0.309 e. The molecular weight excluding hydrogens is 170 g/mol. The van der Waals surface area contributed by atoms with Crippen molar-refractivity contribution in [3.8, 4) is 0 Å². The summed E-state index contributed by atoms with van der Waals surface area (Å²) < 4.78 is 4.91. The van der Waals surface area contributed by atoms with Crippen LogP contribution < -0.4 is 0 Å². The number of carboxylic acid groups (broad SMARTS) is 1. The van der Waals surface area contributed by atoms with Crippen molar-refractivity contribution in [3.63, 3.8) is 0 Å². The molecule has 1 aliphatic rings. The van der Waals surface area contributed by atoms with Crippen LogP contribution in [-0.2, 0) is 9.53 Å². The third-order valence-corrected chi connectivity index (χ3v) is 2.66. The number of nitrogens with zero attached hydrogens (tertiary/aromatic N) is 1. The fraction of sp³-hybridized carbons (Fsp3) is 0.889. The van der Waals surface area contributed by atoms with Crippen LogP contribution in [0.2, 0.25) is 0 Å². The summed E-state index contributed by atoms with van der Waals surface area (Å²) in [5.41, 5.74) is 0. The Morgan fingerprint density at radius 3 is 2.85 bits per heavy atom. The monoisotopic (exact) mass is 187 g/mol. The fourth-order valence-electron chi connectivity index (χ4n) is 1.89. The van der Waals surface area contributed by atoms with E-state index in [-0.39, 0.29) is 11.8 Å². The highest BCUT2D eigenvalue weighted by molar-refractivity contribution is 5.70. The quantitative estimate of drug-likeness (QED) is 0.687. The zero-order valence-corrected chi connectivity index (χ0v) is 8.19. The highest BCUT2D eigenvalue weighted by Gasteiger charge is 2.32. The Hall–Kier alpha value is -0.610. The SMILES string of the molecule is COCC(C(=O)O)C1CCN(C)C1. The first-order valence-corrected chi connectivity index (χ1v) is 4.55. The van der Waals surface area contributed by atoms with Crippen LogP contribution >= 0.6 is 0 Å². The van der Waals surface area contributed by atoms with E-state index < -0.39 is 5.97 Å². The van der Waals surface area contributed by atoms with Gasteiger partial charge >= 0.3 is 5.97 Å². The molecule has 76 valence electrons. The Labute approximate surface area is 78.5 Å². The Bertz CT molecular complexity index is 184. The Balaban J connectivity index is 2.49. The van der Waals surface area contributed by atoms with Crippen molar-refractivity contribution in [1.82, 2.24) is 4.90 Å². The first-order chi connectivity index (χ1) is 6.15. The van der Waals surface area contributed by atoms with Gasteiger partial charge in [-0.2, -0.15) is 0 Å². The van der Waals surface area contributed by atoms with Crippen molar-refractivity contribution in [2.75, 3.05) is 33.9 Å². The summed E-state index contributed by atoms with van der Waals surface area (Å²) in [7, 11) is 3.57. The summed E-state index contributed by atoms with van der Waals surface area (Å²) in [5.74, 6) is -0.820. The van der Waals surface area contributed by atoms with Crippen LogP contribution in [0.1, 0.15) is 6.42 Å². The number of carboxylic acids is 1.